The monoisotopic (exact) mass is 336 g/mol. The first-order chi connectivity index (χ1) is 10.7. The van der Waals surface area contributed by atoms with Crippen molar-refractivity contribution in [1.29, 1.82) is 0 Å². The Bertz CT molecular complexity index is 653. The van der Waals surface area contributed by atoms with Gasteiger partial charge in [-0.25, -0.2) is 0 Å². The first kappa shape index (κ1) is 15.6. The molecule has 0 atom stereocenters. The second-order valence-corrected chi connectivity index (χ2v) is 7.56. The first-order valence-corrected chi connectivity index (χ1v) is 9.19. The van der Waals surface area contributed by atoms with E-state index in [1.54, 1.807) is 30.2 Å². The van der Waals surface area contributed by atoms with Crippen LogP contribution in [0.4, 0.5) is 5.13 Å². The summed E-state index contributed by atoms with van der Waals surface area (Å²) < 4.78 is 6.46. The van der Waals surface area contributed by atoms with Crippen molar-refractivity contribution >= 4 is 28.2 Å². The van der Waals surface area contributed by atoms with Gasteiger partial charge in [-0.05, 0) is 26.7 Å². The van der Waals surface area contributed by atoms with Gasteiger partial charge in [-0.3, -0.25) is 4.98 Å². The fraction of sp³-hybridized carbons (Fsp3) is 0.533. The lowest BCUT2D eigenvalue weighted by Crippen LogP contribution is -2.17. The molecule has 3 rings (SSSR count). The van der Waals surface area contributed by atoms with E-state index < -0.39 is 0 Å². The molecule has 0 aromatic carbocycles. The molecule has 3 heterocycles. The van der Waals surface area contributed by atoms with E-state index in [0.717, 1.165) is 50.9 Å². The minimum atomic E-state index is 0.789. The zero-order chi connectivity index (χ0) is 15.5. The Morgan fingerprint density at radius 3 is 2.77 bits per heavy atom. The maximum Gasteiger partial charge on any atom is 0.209 e. The Morgan fingerprint density at radius 1 is 1.27 bits per heavy atom. The summed E-state index contributed by atoms with van der Waals surface area (Å²) in [5, 5.41) is 9.65. The topological polar surface area (TPSA) is 51.1 Å². The fourth-order valence-corrected chi connectivity index (χ4v) is 4.56. The van der Waals surface area contributed by atoms with Gasteiger partial charge < -0.3 is 9.64 Å². The number of rotatable bonds is 5. The number of aromatic nitrogens is 3. The number of methoxy groups -OCH3 is 1. The second-order valence-electron chi connectivity index (χ2n) is 5.38. The Labute approximate surface area is 139 Å². The zero-order valence-electron chi connectivity index (χ0n) is 13.1. The number of pyridine rings is 1. The van der Waals surface area contributed by atoms with Gasteiger partial charge in [-0.15, -0.1) is 10.2 Å². The largest absolute Gasteiger partial charge is 0.496 e. The highest BCUT2D eigenvalue weighted by Gasteiger charge is 2.17. The summed E-state index contributed by atoms with van der Waals surface area (Å²) >= 11 is 3.37. The molecular weight excluding hydrogens is 316 g/mol. The smallest absolute Gasteiger partial charge is 0.209 e. The Balaban J connectivity index is 1.68. The third-order valence-electron chi connectivity index (χ3n) is 3.85. The molecular formula is C15H20N4OS2. The third-order valence-corrected chi connectivity index (χ3v) is 5.98. The van der Waals surface area contributed by atoms with E-state index in [2.05, 4.69) is 27.0 Å². The number of nitrogens with zero attached hydrogens (tertiary/aromatic N) is 4. The van der Waals surface area contributed by atoms with Crippen LogP contribution in [-0.2, 0) is 5.75 Å². The van der Waals surface area contributed by atoms with Crippen molar-refractivity contribution in [1.82, 2.24) is 15.2 Å². The normalized spacial score (nSPS) is 14.6. The highest BCUT2D eigenvalue weighted by molar-refractivity contribution is 8.00. The quantitative estimate of drug-likeness (QED) is 0.780. The summed E-state index contributed by atoms with van der Waals surface area (Å²) in [5.74, 6) is 1.72. The molecule has 22 heavy (non-hydrogen) atoms. The molecule has 0 aliphatic carbocycles. The van der Waals surface area contributed by atoms with Crippen LogP contribution in [-0.4, -0.2) is 35.4 Å². The molecule has 5 nitrogen and oxygen atoms in total. The Kier molecular flexibility index (Phi) is 4.83. The van der Waals surface area contributed by atoms with Gasteiger partial charge in [0.05, 0.1) is 12.8 Å². The van der Waals surface area contributed by atoms with E-state index in [-0.39, 0.29) is 0 Å². The van der Waals surface area contributed by atoms with Crippen molar-refractivity contribution in [2.45, 2.75) is 36.8 Å². The van der Waals surface area contributed by atoms with Crippen molar-refractivity contribution in [3.8, 4) is 5.75 Å². The molecule has 0 unspecified atom stereocenters. The number of hydrogen-bond acceptors (Lipinski definition) is 7. The van der Waals surface area contributed by atoms with Crippen LogP contribution in [0.25, 0.3) is 0 Å². The lowest BCUT2D eigenvalue weighted by molar-refractivity contribution is 0.407. The summed E-state index contributed by atoms with van der Waals surface area (Å²) in [6.45, 7) is 6.29. The van der Waals surface area contributed by atoms with Crippen molar-refractivity contribution in [2.75, 3.05) is 25.1 Å². The molecule has 2 aromatic rings. The van der Waals surface area contributed by atoms with Gasteiger partial charge in [0.25, 0.3) is 0 Å². The molecule has 118 valence electrons. The average Bonchev–Trinajstić information content (AvgIpc) is 3.18. The predicted octanol–water partition coefficient (Wildman–Crippen LogP) is 3.45. The van der Waals surface area contributed by atoms with Gasteiger partial charge in [-0.1, -0.05) is 23.1 Å². The highest BCUT2D eigenvalue weighted by atomic mass is 32.2. The maximum atomic E-state index is 5.46. The standard InChI is InChI=1S/C15H20N4OS2/c1-10-8-16-12(11(2)13(10)20-3)9-21-15-18-17-14(22-15)19-6-4-5-7-19/h8H,4-7,9H2,1-3H3. The molecule has 0 N–H and O–H groups in total. The van der Waals surface area contributed by atoms with Crippen LogP contribution in [0.3, 0.4) is 0 Å². The summed E-state index contributed by atoms with van der Waals surface area (Å²) in [4.78, 5) is 6.85. The van der Waals surface area contributed by atoms with Crippen LogP contribution < -0.4 is 9.64 Å². The predicted molar refractivity (Wildman–Crippen MR) is 91.2 cm³/mol. The number of anilines is 1. The van der Waals surface area contributed by atoms with Gasteiger partial charge in [0, 0.05) is 36.2 Å². The van der Waals surface area contributed by atoms with Crippen LogP contribution in [0.5, 0.6) is 5.75 Å². The zero-order valence-corrected chi connectivity index (χ0v) is 14.8. The van der Waals surface area contributed by atoms with E-state index in [4.69, 9.17) is 4.74 Å². The average molecular weight is 336 g/mol. The number of aryl methyl sites for hydroxylation is 1. The SMILES string of the molecule is COc1c(C)cnc(CSc2nnc(N3CCCC3)s2)c1C. The van der Waals surface area contributed by atoms with Gasteiger partial charge in [-0.2, -0.15) is 0 Å². The number of hydrogen-bond donors (Lipinski definition) is 0. The van der Waals surface area contributed by atoms with E-state index >= 15 is 0 Å². The van der Waals surface area contributed by atoms with Crippen molar-refractivity contribution < 1.29 is 4.74 Å². The first-order valence-electron chi connectivity index (χ1n) is 7.39. The molecule has 1 aliphatic rings. The van der Waals surface area contributed by atoms with Gasteiger partial charge in [0.1, 0.15) is 5.75 Å². The molecule has 1 aliphatic heterocycles. The number of thioether (sulfide) groups is 1. The summed E-state index contributed by atoms with van der Waals surface area (Å²) in [6, 6.07) is 0. The summed E-state index contributed by atoms with van der Waals surface area (Å²) in [7, 11) is 1.71. The highest BCUT2D eigenvalue weighted by Crippen LogP contribution is 2.33. The fourth-order valence-electron chi connectivity index (χ4n) is 2.64. The number of ether oxygens (including phenoxy) is 1. The van der Waals surface area contributed by atoms with E-state index in [9.17, 15) is 0 Å². The summed E-state index contributed by atoms with van der Waals surface area (Å²) in [5.41, 5.74) is 3.23. The van der Waals surface area contributed by atoms with Gasteiger partial charge in [0.15, 0.2) is 4.34 Å². The lowest BCUT2D eigenvalue weighted by atomic mass is 10.1. The minimum absolute atomic E-state index is 0.789. The van der Waals surface area contributed by atoms with E-state index in [0.29, 0.717) is 0 Å². The molecule has 0 saturated carbocycles. The van der Waals surface area contributed by atoms with Crippen molar-refractivity contribution in [3.63, 3.8) is 0 Å². The van der Waals surface area contributed by atoms with Crippen LogP contribution >= 0.6 is 23.1 Å². The van der Waals surface area contributed by atoms with Crippen molar-refractivity contribution in [3.05, 3.63) is 23.0 Å². The van der Waals surface area contributed by atoms with E-state index in [1.165, 1.54) is 12.8 Å². The molecule has 0 radical (unpaired) electrons. The molecule has 2 aromatic heterocycles. The molecule has 0 amide bonds. The van der Waals surface area contributed by atoms with Crippen molar-refractivity contribution in [2.24, 2.45) is 0 Å². The molecule has 1 saturated heterocycles. The second kappa shape index (κ2) is 6.83. The summed E-state index contributed by atoms with van der Waals surface area (Å²) in [6.07, 6.45) is 4.39. The molecule has 0 spiro atoms. The Morgan fingerprint density at radius 2 is 2.05 bits per heavy atom. The van der Waals surface area contributed by atoms with Crippen LogP contribution in [0.15, 0.2) is 10.5 Å². The lowest BCUT2D eigenvalue weighted by Gasteiger charge is -2.11. The minimum Gasteiger partial charge on any atom is -0.496 e. The van der Waals surface area contributed by atoms with E-state index in [1.807, 2.05) is 13.1 Å². The van der Waals surface area contributed by atoms with Crippen LogP contribution in [0, 0.1) is 13.8 Å². The molecule has 0 bridgehead atoms. The van der Waals surface area contributed by atoms with Gasteiger partial charge in [0.2, 0.25) is 5.13 Å². The third kappa shape index (κ3) is 3.20. The molecule has 7 heteroatoms. The Hall–Kier alpha value is -1.34. The molecule has 1 fully saturated rings. The van der Waals surface area contributed by atoms with Crippen LogP contribution in [0.1, 0.15) is 29.7 Å². The van der Waals surface area contributed by atoms with Crippen LogP contribution in [0.2, 0.25) is 0 Å². The van der Waals surface area contributed by atoms with Gasteiger partial charge >= 0.3 is 0 Å². The maximum absolute atomic E-state index is 5.46.